The van der Waals surface area contributed by atoms with Crippen molar-refractivity contribution < 1.29 is 9.90 Å². The van der Waals surface area contributed by atoms with Crippen LogP contribution in [0.15, 0.2) is 17.3 Å². The van der Waals surface area contributed by atoms with E-state index in [2.05, 4.69) is 15.1 Å². The maximum absolute atomic E-state index is 11.4. The van der Waals surface area contributed by atoms with E-state index in [1.165, 1.54) is 11.8 Å². The topological polar surface area (TPSA) is 80.9 Å². The molecule has 0 aliphatic heterocycles. The summed E-state index contributed by atoms with van der Waals surface area (Å²) in [5, 5.41) is 14.2. The number of nitrogens with zero attached hydrogens (tertiary/aromatic N) is 4. The first-order valence-corrected chi connectivity index (χ1v) is 7.60. The van der Waals surface area contributed by atoms with Gasteiger partial charge in [0.1, 0.15) is 16.4 Å². The molecule has 0 spiro atoms. The van der Waals surface area contributed by atoms with Crippen molar-refractivity contribution in [3.05, 3.63) is 35.0 Å². The molecule has 0 radical (unpaired) electrons. The third-order valence-electron chi connectivity index (χ3n) is 2.93. The molecular formula is C14H18N4O2S. The summed E-state index contributed by atoms with van der Waals surface area (Å²) in [5.74, 6) is 0.405. The molecule has 2 aromatic rings. The van der Waals surface area contributed by atoms with E-state index in [0.29, 0.717) is 22.3 Å². The summed E-state index contributed by atoms with van der Waals surface area (Å²) in [6.45, 7) is 5.69. The molecule has 0 atom stereocenters. The highest BCUT2D eigenvalue weighted by Crippen LogP contribution is 2.27. The number of carboxylic acids is 1. The second-order valence-corrected chi connectivity index (χ2v) is 6.04. The van der Waals surface area contributed by atoms with Crippen LogP contribution in [0.1, 0.15) is 47.3 Å². The minimum atomic E-state index is -0.994. The molecule has 7 heteroatoms. The molecule has 0 saturated carbocycles. The van der Waals surface area contributed by atoms with E-state index in [4.69, 9.17) is 0 Å². The summed E-state index contributed by atoms with van der Waals surface area (Å²) in [5.41, 5.74) is 1.58. The summed E-state index contributed by atoms with van der Waals surface area (Å²) in [6.07, 6.45) is 1.86. The summed E-state index contributed by atoms with van der Waals surface area (Å²) in [6, 6.07) is 1.91. The molecule has 0 aliphatic rings. The van der Waals surface area contributed by atoms with Crippen LogP contribution < -0.4 is 0 Å². The fourth-order valence-electron chi connectivity index (χ4n) is 1.86. The minimum Gasteiger partial charge on any atom is -0.478 e. The number of hydrogen-bond donors (Lipinski definition) is 1. The van der Waals surface area contributed by atoms with Crippen LogP contribution in [0.25, 0.3) is 0 Å². The van der Waals surface area contributed by atoms with Crippen molar-refractivity contribution in [2.45, 2.75) is 37.5 Å². The molecule has 2 rings (SSSR count). The Labute approximate surface area is 127 Å². The zero-order valence-corrected chi connectivity index (χ0v) is 13.3. The van der Waals surface area contributed by atoms with Crippen molar-refractivity contribution in [1.82, 2.24) is 19.7 Å². The molecule has 0 amide bonds. The summed E-state index contributed by atoms with van der Waals surface area (Å²) in [4.78, 5) is 20.1. The Morgan fingerprint density at radius 1 is 1.43 bits per heavy atom. The van der Waals surface area contributed by atoms with Gasteiger partial charge in [0.15, 0.2) is 0 Å². The Morgan fingerprint density at radius 3 is 2.67 bits per heavy atom. The number of carboxylic acid groups (broad SMARTS) is 1. The van der Waals surface area contributed by atoms with Crippen LogP contribution in [0.4, 0.5) is 0 Å². The fourth-order valence-corrected chi connectivity index (χ4v) is 2.83. The largest absolute Gasteiger partial charge is 0.478 e. The molecule has 0 aromatic carbocycles. The second-order valence-electron chi connectivity index (χ2n) is 5.08. The monoisotopic (exact) mass is 306 g/mol. The lowest BCUT2D eigenvalue weighted by atomic mass is 10.2. The van der Waals surface area contributed by atoms with E-state index in [9.17, 15) is 9.90 Å². The lowest BCUT2D eigenvalue weighted by molar-refractivity contribution is 0.0690. The van der Waals surface area contributed by atoms with Gasteiger partial charge in [-0.25, -0.2) is 14.8 Å². The molecule has 0 fully saturated rings. The Hall–Kier alpha value is -1.89. The Bertz CT molecular complexity index is 667. The maximum Gasteiger partial charge on any atom is 0.340 e. The van der Waals surface area contributed by atoms with Crippen LogP contribution in [0.3, 0.4) is 0 Å². The highest BCUT2D eigenvalue weighted by Gasteiger charge is 2.19. The van der Waals surface area contributed by atoms with Crippen LogP contribution >= 0.6 is 11.8 Å². The predicted molar refractivity (Wildman–Crippen MR) is 80.6 cm³/mol. The highest BCUT2D eigenvalue weighted by atomic mass is 32.2. The van der Waals surface area contributed by atoms with Crippen molar-refractivity contribution in [1.29, 1.82) is 0 Å². The number of thioether (sulfide) groups is 1. The van der Waals surface area contributed by atoms with Crippen molar-refractivity contribution >= 4 is 17.7 Å². The van der Waals surface area contributed by atoms with E-state index in [-0.39, 0.29) is 11.5 Å². The molecule has 0 aliphatic carbocycles. The van der Waals surface area contributed by atoms with Gasteiger partial charge in [0.05, 0.1) is 11.4 Å². The maximum atomic E-state index is 11.4. The Morgan fingerprint density at radius 2 is 2.14 bits per heavy atom. The quantitative estimate of drug-likeness (QED) is 0.675. The van der Waals surface area contributed by atoms with Gasteiger partial charge in [0.2, 0.25) is 0 Å². The third-order valence-corrected chi connectivity index (χ3v) is 3.94. The number of rotatable bonds is 5. The number of carbonyl (C=O) groups is 1. The van der Waals surface area contributed by atoms with Crippen LogP contribution in [0, 0.1) is 6.92 Å². The predicted octanol–water partition coefficient (Wildman–Crippen LogP) is 2.63. The number of hydrogen-bond acceptors (Lipinski definition) is 5. The van der Waals surface area contributed by atoms with E-state index < -0.39 is 5.97 Å². The fraction of sp³-hybridized carbons (Fsp3) is 0.429. The molecule has 0 unspecified atom stereocenters. The number of aromatic carboxylic acids is 1. The Balaban J connectivity index is 2.32. The van der Waals surface area contributed by atoms with Crippen LogP contribution in [-0.2, 0) is 12.8 Å². The molecule has 2 aromatic heterocycles. The first-order chi connectivity index (χ1) is 9.88. The standard InChI is InChI=1S/C14H18N4O2S/c1-8(2)12-15-9(3)11(14(19)20)13(16-12)21-7-10-5-6-18(4)17-10/h5-6,8H,7H2,1-4H3,(H,19,20). The number of aryl methyl sites for hydroxylation is 2. The summed E-state index contributed by atoms with van der Waals surface area (Å²) < 4.78 is 1.72. The van der Waals surface area contributed by atoms with Crippen LogP contribution in [-0.4, -0.2) is 30.8 Å². The van der Waals surface area contributed by atoms with Gasteiger partial charge in [0.25, 0.3) is 0 Å². The molecule has 6 nitrogen and oxygen atoms in total. The zero-order valence-electron chi connectivity index (χ0n) is 12.5. The average Bonchev–Trinajstić information content (AvgIpc) is 2.80. The summed E-state index contributed by atoms with van der Waals surface area (Å²) >= 11 is 1.38. The van der Waals surface area contributed by atoms with E-state index in [0.717, 1.165) is 5.69 Å². The molecule has 0 bridgehead atoms. The molecule has 2 heterocycles. The van der Waals surface area contributed by atoms with Crippen molar-refractivity contribution in [2.75, 3.05) is 0 Å². The normalized spacial score (nSPS) is 11.1. The van der Waals surface area contributed by atoms with E-state index in [1.807, 2.05) is 33.2 Å². The highest BCUT2D eigenvalue weighted by molar-refractivity contribution is 7.98. The Kier molecular flexibility index (Phi) is 4.62. The minimum absolute atomic E-state index is 0.153. The van der Waals surface area contributed by atoms with E-state index in [1.54, 1.807) is 11.6 Å². The first kappa shape index (κ1) is 15.5. The number of aromatic nitrogens is 4. The SMILES string of the molecule is Cc1nc(C(C)C)nc(SCc2ccn(C)n2)c1C(=O)O. The van der Waals surface area contributed by atoms with Gasteiger partial charge in [0, 0.05) is 24.9 Å². The molecule has 1 N–H and O–H groups in total. The van der Waals surface area contributed by atoms with E-state index >= 15 is 0 Å². The smallest absolute Gasteiger partial charge is 0.340 e. The van der Waals surface area contributed by atoms with Gasteiger partial charge in [-0.05, 0) is 13.0 Å². The van der Waals surface area contributed by atoms with Crippen molar-refractivity contribution in [3.8, 4) is 0 Å². The van der Waals surface area contributed by atoms with Gasteiger partial charge in [-0.15, -0.1) is 0 Å². The lowest BCUT2D eigenvalue weighted by Crippen LogP contribution is -2.10. The zero-order chi connectivity index (χ0) is 15.6. The van der Waals surface area contributed by atoms with Gasteiger partial charge in [-0.3, -0.25) is 4.68 Å². The van der Waals surface area contributed by atoms with Crippen LogP contribution in [0.5, 0.6) is 0 Å². The van der Waals surface area contributed by atoms with Gasteiger partial charge >= 0.3 is 5.97 Å². The van der Waals surface area contributed by atoms with Crippen LogP contribution in [0.2, 0.25) is 0 Å². The second kappa shape index (κ2) is 6.26. The van der Waals surface area contributed by atoms with Crippen molar-refractivity contribution in [3.63, 3.8) is 0 Å². The third kappa shape index (κ3) is 3.60. The van der Waals surface area contributed by atoms with Crippen molar-refractivity contribution in [2.24, 2.45) is 7.05 Å². The molecule has 21 heavy (non-hydrogen) atoms. The summed E-state index contributed by atoms with van der Waals surface area (Å²) in [7, 11) is 1.85. The molecular weight excluding hydrogens is 288 g/mol. The van der Waals surface area contributed by atoms with Gasteiger partial charge in [-0.2, -0.15) is 5.10 Å². The average molecular weight is 306 g/mol. The molecule has 0 saturated heterocycles. The van der Waals surface area contributed by atoms with Gasteiger partial charge < -0.3 is 5.11 Å². The van der Waals surface area contributed by atoms with Gasteiger partial charge in [-0.1, -0.05) is 25.6 Å². The lowest BCUT2D eigenvalue weighted by Gasteiger charge is -2.11. The molecule has 112 valence electrons. The first-order valence-electron chi connectivity index (χ1n) is 6.61.